The summed E-state index contributed by atoms with van der Waals surface area (Å²) in [6.07, 6.45) is -0.121. The van der Waals surface area contributed by atoms with Crippen molar-refractivity contribution in [1.29, 1.82) is 0 Å². The van der Waals surface area contributed by atoms with Gasteiger partial charge in [0.25, 0.3) is 5.89 Å². The van der Waals surface area contributed by atoms with Gasteiger partial charge >= 0.3 is 0 Å². The van der Waals surface area contributed by atoms with Crippen LogP contribution >= 0.6 is 0 Å². The van der Waals surface area contributed by atoms with Gasteiger partial charge in [-0.3, -0.25) is 9.74 Å². The highest BCUT2D eigenvalue weighted by atomic mass is 16.6. The standard InChI is InChI=1S/C9H16N4O3/c1-2-13-3-4-14-7(5-13)9-11-8(6-15-10)16-12-9/h7H,2-6,10H2,1H3. The molecule has 1 aromatic rings. The fraction of sp³-hybridized carbons (Fsp3) is 0.778. The summed E-state index contributed by atoms with van der Waals surface area (Å²) in [5.41, 5.74) is 0. The molecule has 0 aromatic carbocycles. The first kappa shape index (κ1) is 11.5. The predicted octanol–water partition coefficient (Wildman–Crippen LogP) is -0.147. The van der Waals surface area contributed by atoms with Crippen molar-refractivity contribution in [1.82, 2.24) is 15.0 Å². The monoisotopic (exact) mass is 228 g/mol. The van der Waals surface area contributed by atoms with Gasteiger partial charge in [-0.1, -0.05) is 12.1 Å². The van der Waals surface area contributed by atoms with E-state index < -0.39 is 0 Å². The van der Waals surface area contributed by atoms with E-state index in [1.54, 1.807) is 0 Å². The number of aromatic nitrogens is 2. The number of morpholine rings is 1. The molecular weight excluding hydrogens is 212 g/mol. The number of hydrogen-bond acceptors (Lipinski definition) is 7. The topological polar surface area (TPSA) is 86.6 Å². The smallest absolute Gasteiger partial charge is 0.254 e. The summed E-state index contributed by atoms with van der Waals surface area (Å²) >= 11 is 0. The zero-order valence-corrected chi connectivity index (χ0v) is 9.26. The maximum absolute atomic E-state index is 5.59. The molecule has 1 aromatic heterocycles. The molecule has 0 amide bonds. The second-order valence-electron chi connectivity index (χ2n) is 3.61. The second-order valence-corrected chi connectivity index (χ2v) is 3.61. The molecule has 1 saturated heterocycles. The van der Waals surface area contributed by atoms with Crippen LogP contribution in [0.2, 0.25) is 0 Å². The Morgan fingerprint density at radius 1 is 1.62 bits per heavy atom. The molecule has 0 radical (unpaired) electrons. The van der Waals surface area contributed by atoms with Gasteiger partial charge in [-0.25, -0.2) is 5.90 Å². The fourth-order valence-corrected chi connectivity index (χ4v) is 1.67. The van der Waals surface area contributed by atoms with E-state index in [4.69, 9.17) is 15.2 Å². The van der Waals surface area contributed by atoms with Gasteiger partial charge in [0.05, 0.1) is 6.61 Å². The SMILES string of the molecule is CCN1CCOC(c2noc(CON)n2)C1. The van der Waals surface area contributed by atoms with Gasteiger partial charge in [-0.15, -0.1) is 0 Å². The molecule has 16 heavy (non-hydrogen) atoms. The number of likely N-dealkylation sites (N-methyl/N-ethyl adjacent to an activating group) is 1. The van der Waals surface area contributed by atoms with Gasteiger partial charge in [0, 0.05) is 13.1 Å². The van der Waals surface area contributed by atoms with Gasteiger partial charge in [-0.05, 0) is 6.54 Å². The number of nitrogens with zero attached hydrogens (tertiary/aromatic N) is 3. The Bertz CT molecular complexity index is 330. The van der Waals surface area contributed by atoms with Crippen LogP contribution in [-0.4, -0.2) is 41.3 Å². The molecular formula is C9H16N4O3. The van der Waals surface area contributed by atoms with E-state index in [0.29, 0.717) is 18.3 Å². The molecule has 2 heterocycles. The normalized spacial score (nSPS) is 22.5. The molecule has 0 bridgehead atoms. The molecule has 7 nitrogen and oxygen atoms in total. The van der Waals surface area contributed by atoms with Crippen LogP contribution in [0.5, 0.6) is 0 Å². The van der Waals surface area contributed by atoms with Gasteiger partial charge in [0.2, 0.25) is 5.82 Å². The maximum Gasteiger partial charge on any atom is 0.254 e. The van der Waals surface area contributed by atoms with E-state index >= 15 is 0 Å². The molecule has 1 unspecified atom stereocenters. The van der Waals surface area contributed by atoms with Crippen LogP contribution in [0.25, 0.3) is 0 Å². The van der Waals surface area contributed by atoms with Crippen LogP contribution in [-0.2, 0) is 16.2 Å². The predicted molar refractivity (Wildman–Crippen MR) is 54.1 cm³/mol. The van der Waals surface area contributed by atoms with Crippen molar-refractivity contribution in [2.75, 3.05) is 26.2 Å². The van der Waals surface area contributed by atoms with Crippen molar-refractivity contribution in [3.63, 3.8) is 0 Å². The number of ether oxygens (including phenoxy) is 1. The van der Waals surface area contributed by atoms with E-state index in [1.807, 2.05) is 0 Å². The number of nitrogens with two attached hydrogens (primary N) is 1. The van der Waals surface area contributed by atoms with Gasteiger partial charge in [0.15, 0.2) is 0 Å². The minimum absolute atomic E-state index is 0.121. The summed E-state index contributed by atoms with van der Waals surface area (Å²) in [5, 5.41) is 3.85. The van der Waals surface area contributed by atoms with Crippen molar-refractivity contribution in [2.45, 2.75) is 19.6 Å². The van der Waals surface area contributed by atoms with Gasteiger partial charge in [0.1, 0.15) is 12.7 Å². The highest BCUT2D eigenvalue weighted by Crippen LogP contribution is 2.19. The Balaban J connectivity index is 1.99. The van der Waals surface area contributed by atoms with Crippen molar-refractivity contribution in [3.8, 4) is 0 Å². The first-order valence-corrected chi connectivity index (χ1v) is 5.31. The molecule has 2 rings (SSSR count). The zero-order valence-electron chi connectivity index (χ0n) is 9.26. The lowest BCUT2D eigenvalue weighted by molar-refractivity contribution is -0.0334. The summed E-state index contributed by atoms with van der Waals surface area (Å²) in [6, 6.07) is 0. The molecule has 1 aliphatic rings. The van der Waals surface area contributed by atoms with Crippen molar-refractivity contribution in [3.05, 3.63) is 11.7 Å². The Morgan fingerprint density at radius 2 is 2.50 bits per heavy atom. The first-order valence-electron chi connectivity index (χ1n) is 5.31. The molecule has 0 saturated carbocycles. The third-order valence-corrected chi connectivity index (χ3v) is 2.58. The van der Waals surface area contributed by atoms with Crippen molar-refractivity contribution in [2.24, 2.45) is 5.90 Å². The fourth-order valence-electron chi connectivity index (χ4n) is 1.67. The molecule has 1 atom stereocenters. The Labute approximate surface area is 93.4 Å². The van der Waals surface area contributed by atoms with Crippen LogP contribution in [0.3, 0.4) is 0 Å². The van der Waals surface area contributed by atoms with Crippen LogP contribution in [0.15, 0.2) is 4.52 Å². The van der Waals surface area contributed by atoms with E-state index in [2.05, 4.69) is 26.8 Å². The molecule has 1 aliphatic heterocycles. The molecule has 0 spiro atoms. The maximum atomic E-state index is 5.59. The molecule has 7 heteroatoms. The van der Waals surface area contributed by atoms with Crippen LogP contribution < -0.4 is 5.90 Å². The second kappa shape index (κ2) is 5.35. The summed E-state index contributed by atoms with van der Waals surface area (Å²) < 4.78 is 10.6. The third kappa shape index (κ3) is 2.56. The molecule has 90 valence electrons. The first-order chi connectivity index (χ1) is 7.83. The third-order valence-electron chi connectivity index (χ3n) is 2.58. The van der Waals surface area contributed by atoms with Crippen molar-refractivity contribution >= 4 is 0 Å². The summed E-state index contributed by atoms with van der Waals surface area (Å²) in [5.74, 6) is 5.86. The van der Waals surface area contributed by atoms with E-state index in [9.17, 15) is 0 Å². The molecule has 2 N–H and O–H groups in total. The van der Waals surface area contributed by atoms with Crippen LogP contribution in [0.4, 0.5) is 0 Å². The lowest BCUT2D eigenvalue weighted by atomic mass is 10.2. The summed E-state index contributed by atoms with van der Waals surface area (Å²) in [6.45, 7) is 5.67. The quantitative estimate of drug-likeness (QED) is 0.717. The summed E-state index contributed by atoms with van der Waals surface area (Å²) in [4.78, 5) is 10.9. The minimum atomic E-state index is -0.121. The van der Waals surface area contributed by atoms with E-state index in [0.717, 1.165) is 19.6 Å². The molecule has 0 aliphatic carbocycles. The molecule has 1 fully saturated rings. The van der Waals surface area contributed by atoms with E-state index in [-0.39, 0.29) is 12.7 Å². The van der Waals surface area contributed by atoms with Crippen LogP contribution in [0, 0.1) is 0 Å². The number of rotatable bonds is 4. The highest BCUT2D eigenvalue weighted by molar-refractivity contribution is 4.93. The Kier molecular flexibility index (Phi) is 3.83. The highest BCUT2D eigenvalue weighted by Gasteiger charge is 2.25. The average molecular weight is 228 g/mol. The minimum Gasteiger partial charge on any atom is -0.367 e. The van der Waals surface area contributed by atoms with Crippen LogP contribution in [0.1, 0.15) is 24.7 Å². The lowest BCUT2D eigenvalue weighted by Gasteiger charge is -2.30. The van der Waals surface area contributed by atoms with Crippen molar-refractivity contribution < 1.29 is 14.1 Å². The Hall–Kier alpha value is -1.02. The largest absolute Gasteiger partial charge is 0.367 e. The van der Waals surface area contributed by atoms with Gasteiger partial charge < -0.3 is 9.26 Å². The number of hydrogen-bond donors (Lipinski definition) is 1. The lowest BCUT2D eigenvalue weighted by Crippen LogP contribution is -2.38. The van der Waals surface area contributed by atoms with E-state index in [1.165, 1.54) is 0 Å². The summed E-state index contributed by atoms with van der Waals surface area (Å²) in [7, 11) is 0. The van der Waals surface area contributed by atoms with Gasteiger partial charge in [-0.2, -0.15) is 4.98 Å². The Morgan fingerprint density at radius 3 is 3.25 bits per heavy atom. The average Bonchev–Trinajstić information content (AvgIpc) is 2.78. The zero-order chi connectivity index (χ0) is 11.4.